The Bertz CT molecular complexity index is 870. The number of halogens is 1. The normalized spacial score (nSPS) is 10.4. The van der Waals surface area contributed by atoms with Gasteiger partial charge < -0.3 is 4.57 Å². The number of carbonyl (C=O) groups is 2. The van der Waals surface area contributed by atoms with Crippen LogP contribution >= 0.6 is 15.9 Å². The van der Waals surface area contributed by atoms with Crippen LogP contribution in [0.15, 0.2) is 53.8 Å². The summed E-state index contributed by atoms with van der Waals surface area (Å²) < 4.78 is 4.14. The highest BCUT2D eigenvalue weighted by Crippen LogP contribution is 2.13. The lowest BCUT2D eigenvalue weighted by atomic mass is 10.2. The molecular formula is C15H13BrN6O2. The fourth-order valence-electron chi connectivity index (χ4n) is 2.07. The van der Waals surface area contributed by atoms with Gasteiger partial charge in [0, 0.05) is 36.3 Å². The zero-order chi connectivity index (χ0) is 17.1. The molecule has 0 saturated heterocycles. The second-order valence-corrected chi connectivity index (χ2v) is 5.85. The zero-order valence-electron chi connectivity index (χ0n) is 12.6. The summed E-state index contributed by atoms with van der Waals surface area (Å²) in [4.78, 5) is 32.2. The van der Waals surface area contributed by atoms with E-state index in [1.54, 1.807) is 59.3 Å². The van der Waals surface area contributed by atoms with Crippen molar-refractivity contribution < 1.29 is 9.59 Å². The highest BCUT2D eigenvalue weighted by Gasteiger charge is 2.13. The highest BCUT2D eigenvalue weighted by atomic mass is 79.9. The first-order valence-electron chi connectivity index (χ1n) is 6.91. The zero-order valence-corrected chi connectivity index (χ0v) is 14.2. The Kier molecular flexibility index (Phi) is 4.43. The molecular weight excluding hydrogens is 376 g/mol. The van der Waals surface area contributed by atoms with E-state index >= 15 is 0 Å². The Morgan fingerprint density at radius 2 is 2.00 bits per heavy atom. The van der Waals surface area contributed by atoms with Crippen molar-refractivity contribution in [1.82, 2.24) is 30.0 Å². The Balaban J connectivity index is 1.63. The van der Waals surface area contributed by atoms with Gasteiger partial charge in [-0.25, -0.2) is 9.97 Å². The number of carbonyl (C=O) groups excluding carboxylic acids is 2. The van der Waals surface area contributed by atoms with Gasteiger partial charge in [0.05, 0.1) is 5.56 Å². The van der Waals surface area contributed by atoms with Gasteiger partial charge in [0.2, 0.25) is 0 Å². The molecule has 3 aromatic rings. The lowest BCUT2D eigenvalue weighted by molar-refractivity contribution is 0.0842. The first kappa shape index (κ1) is 15.9. The van der Waals surface area contributed by atoms with Gasteiger partial charge in [-0.15, -0.1) is 0 Å². The first-order valence-corrected chi connectivity index (χ1v) is 7.71. The van der Waals surface area contributed by atoms with E-state index in [0.29, 0.717) is 17.1 Å². The fraction of sp³-hybridized carbons (Fsp3) is 0.0667. The average Bonchev–Trinajstić information content (AvgIpc) is 3.22. The summed E-state index contributed by atoms with van der Waals surface area (Å²) >= 11 is 3.29. The van der Waals surface area contributed by atoms with Gasteiger partial charge in [-0.1, -0.05) is 0 Å². The van der Waals surface area contributed by atoms with Gasteiger partial charge in [0.25, 0.3) is 11.8 Å². The number of aryl methyl sites for hydroxylation is 1. The van der Waals surface area contributed by atoms with Crippen molar-refractivity contribution in [2.45, 2.75) is 0 Å². The van der Waals surface area contributed by atoms with Crippen LogP contribution in [0.3, 0.4) is 0 Å². The van der Waals surface area contributed by atoms with Gasteiger partial charge in [-0.2, -0.15) is 0 Å². The molecule has 0 aliphatic carbocycles. The van der Waals surface area contributed by atoms with Crippen LogP contribution in [0.5, 0.6) is 0 Å². The molecule has 0 spiro atoms. The van der Waals surface area contributed by atoms with Gasteiger partial charge in [0.15, 0.2) is 0 Å². The van der Waals surface area contributed by atoms with Gasteiger partial charge in [-0.3, -0.25) is 25.0 Å². The molecule has 9 heteroatoms. The largest absolute Gasteiger partial charge is 0.345 e. The number of aromatic nitrogens is 4. The lowest BCUT2D eigenvalue weighted by Gasteiger charge is -2.08. The summed E-state index contributed by atoms with van der Waals surface area (Å²) in [6.45, 7) is 0. The third-order valence-corrected chi connectivity index (χ3v) is 3.71. The van der Waals surface area contributed by atoms with Gasteiger partial charge in [-0.05, 0) is 34.1 Å². The van der Waals surface area contributed by atoms with Crippen LogP contribution in [0, 0.1) is 0 Å². The Hall–Kier alpha value is -2.94. The quantitative estimate of drug-likeness (QED) is 0.663. The van der Waals surface area contributed by atoms with E-state index in [1.165, 1.54) is 6.20 Å². The van der Waals surface area contributed by atoms with Gasteiger partial charge >= 0.3 is 0 Å². The standard InChI is InChI=1S/C15H13BrN6O2/c1-21-8-11(16)6-12(21)15(24)20-19-14(23)10-2-3-13(18-7-10)22-5-4-17-9-22/h2-9H,1H3,(H,19,23)(H,20,24). The summed E-state index contributed by atoms with van der Waals surface area (Å²) in [6.07, 6.45) is 8.17. The topological polar surface area (TPSA) is 93.8 Å². The van der Waals surface area contributed by atoms with Crippen LogP contribution < -0.4 is 10.9 Å². The Morgan fingerprint density at radius 3 is 2.58 bits per heavy atom. The summed E-state index contributed by atoms with van der Waals surface area (Å²) in [5, 5.41) is 0. The van der Waals surface area contributed by atoms with Crippen molar-refractivity contribution in [3.05, 3.63) is 65.0 Å². The lowest BCUT2D eigenvalue weighted by Crippen LogP contribution is -2.42. The minimum Gasteiger partial charge on any atom is -0.345 e. The van der Waals surface area contributed by atoms with Crippen LogP contribution in [-0.2, 0) is 7.05 Å². The molecule has 2 N–H and O–H groups in total. The van der Waals surface area contributed by atoms with Crippen LogP contribution in [0.2, 0.25) is 0 Å². The number of hydrazine groups is 1. The first-order chi connectivity index (χ1) is 11.5. The van der Waals surface area contributed by atoms with Crippen LogP contribution in [-0.4, -0.2) is 30.9 Å². The molecule has 3 rings (SSSR count). The SMILES string of the molecule is Cn1cc(Br)cc1C(=O)NNC(=O)c1ccc(-n2ccnc2)nc1. The third kappa shape index (κ3) is 3.35. The van der Waals surface area contributed by atoms with Crippen molar-refractivity contribution in [2.24, 2.45) is 7.05 Å². The molecule has 8 nitrogen and oxygen atoms in total. The maximum absolute atomic E-state index is 12.1. The second kappa shape index (κ2) is 6.67. The molecule has 122 valence electrons. The molecule has 0 aliphatic rings. The maximum atomic E-state index is 12.1. The number of hydrogen-bond donors (Lipinski definition) is 2. The van der Waals surface area contributed by atoms with Crippen molar-refractivity contribution >= 4 is 27.7 Å². The van der Waals surface area contributed by atoms with E-state index in [2.05, 4.69) is 36.7 Å². The van der Waals surface area contributed by atoms with Crippen LogP contribution in [0.4, 0.5) is 0 Å². The number of pyridine rings is 1. The maximum Gasteiger partial charge on any atom is 0.286 e. The third-order valence-electron chi connectivity index (χ3n) is 3.27. The number of rotatable bonds is 3. The van der Waals surface area contributed by atoms with Crippen molar-refractivity contribution in [3.63, 3.8) is 0 Å². The minimum atomic E-state index is -0.457. The smallest absolute Gasteiger partial charge is 0.286 e. The number of amides is 2. The van der Waals surface area contributed by atoms with Crippen molar-refractivity contribution in [3.8, 4) is 5.82 Å². The Morgan fingerprint density at radius 1 is 1.21 bits per heavy atom. The van der Waals surface area contributed by atoms with Crippen LogP contribution in [0.25, 0.3) is 5.82 Å². The number of nitrogens with zero attached hydrogens (tertiary/aromatic N) is 4. The average molecular weight is 389 g/mol. The molecule has 0 atom stereocenters. The molecule has 0 fully saturated rings. The summed E-state index contributed by atoms with van der Waals surface area (Å²) in [7, 11) is 1.74. The molecule has 24 heavy (non-hydrogen) atoms. The second-order valence-electron chi connectivity index (χ2n) is 4.94. The highest BCUT2D eigenvalue weighted by molar-refractivity contribution is 9.10. The molecule has 3 aromatic heterocycles. The summed E-state index contributed by atoms with van der Waals surface area (Å²) in [5.41, 5.74) is 5.47. The number of nitrogens with one attached hydrogen (secondary N) is 2. The monoisotopic (exact) mass is 388 g/mol. The molecule has 0 radical (unpaired) electrons. The van der Waals surface area contributed by atoms with Gasteiger partial charge in [0.1, 0.15) is 17.8 Å². The predicted molar refractivity (Wildman–Crippen MR) is 89.4 cm³/mol. The number of hydrogen-bond acceptors (Lipinski definition) is 4. The summed E-state index contributed by atoms with van der Waals surface area (Å²) in [6, 6.07) is 4.96. The molecule has 0 unspecified atom stereocenters. The molecule has 2 amide bonds. The molecule has 0 saturated carbocycles. The minimum absolute atomic E-state index is 0.326. The number of imidazole rings is 1. The van der Waals surface area contributed by atoms with Crippen molar-refractivity contribution in [2.75, 3.05) is 0 Å². The van der Waals surface area contributed by atoms with E-state index < -0.39 is 11.8 Å². The van der Waals surface area contributed by atoms with E-state index in [0.717, 1.165) is 4.47 Å². The van der Waals surface area contributed by atoms with E-state index in [1.807, 2.05) is 0 Å². The molecule has 0 bridgehead atoms. The van der Waals surface area contributed by atoms with Crippen LogP contribution in [0.1, 0.15) is 20.8 Å². The van der Waals surface area contributed by atoms with Crippen molar-refractivity contribution in [1.29, 1.82) is 0 Å². The molecule has 0 aliphatic heterocycles. The predicted octanol–water partition coefficient (Wildman–Crippen LogP) is 1.44. The fourth-order valence-corrected chi connectivity index (χ4v) is 2.59. The molecule has 0 aromatic carbocycles. The van der Waals surface area contributed by atoms with E-state index in [9.17, 15) is 9.59 Å². The molecule has 3 heterocycles. The van der Waals surface area contributed by atoms with E-state index in [-0.39, 0.29) is 0 Å². The Labute approximate surface area is 145 Å². The summed E-state index contributed by atoms with van der Waals surface area (Å²) in [5.74, 6) is -0.234. The van der Waals surface area contributed by atoms with E-state index in [4.69, 9.17) is 0 Å².